The van der Waals surface area contributed by atoms with Crippen LogP contribution in [-0.4, -0.2) is 46.0 Å². The minimum atomic E-state index is -0.632. The molecule has 2 aromatic rings. The number of aryl methyl sites for hydroxylation is 1. The van der Waals surface area contributed by atoms with Gasteiger partial charge in [-0.25, -0.2) is 9.78 Å². The van der Waals surface area contributed by atoms with Gasteiger partial charge in [0.25, 0.3) is 0 Å². The SMILES string of the molecule is Cl.Cn1ccnc1C1CNCCN1C(=O)CC(NC(N)=O)c1cccs1. The Morgan fingerprint density at radius 2 is 2.35 bits per heavy atom. The summed E-state index contributed by atoms with van der Waals surface area (Å²) in [6.45, 7) is 1.99. The first-order valence-corrected chi connectivity index (χ1v) is 9.01. The molecule has 1 fully saturated rings. The second-order valence-electron chi connectivity index (χ2n) is 5.98. The zero-order chi connectivity index (χ0) is 17.8. The van der Waals surface area contributed by atoms with E-state index in [4.69, 9.17) is 5.73 Å². The summed E-state index contributed by atoms with van der Waals surface area (Å²) in [5, 5.41) is 7.91. The molecule has 0 aliphatic carbocycles. The smallest absolute Gasteiger partial charge is 0.312 e. The molecular formula is C16H23ClN6O2S. The third-order valence-corrected chi connectivity index (χ3v) is 5.29. The first kappa shape index (κ1) is 20.2. The van der Waals surface area contributed by atoms with Gasteiger partial charge in [-0.15, -0.1) is 23.7 Å². The number of primary amides is 1. The Hall–Kier alpha value is -2.10. The van der Waals surface area contributed by atoms with Crippen molar-refractivity contribution in [3.63, 3.8) is 0 Å². The van der Waals surface area contributed by atoms with Gasteiger partial charge in [-0.1, -0.05) is 6.07 Å². The molecule has 0 bridgehead atoms. The van der Waals surface area contributed by atoms with Crippen LogP contribution in [0.4, 0.5) is 4.79 Å². The number of urea groups is 1. The molecule has 1 aliphatic heterocycles. The summed E-state index contributed by atoms with van der Waals surface area (Å²) >= 11 is 1.49. The topological polar surface area (TPSA) is 105 Å². The summed E-state index contributed by atoms with van der Waals surface area (Å²) < 4.78 is 1.93. The van der Waals surface area contributed by atoms with Crippen LogP contribution >= 0.6 is 23.7 Å². The summed E-state index contributed by atoms with van der Waals surface area (Å²) in [4.78, 5) is 31.4. The third kappa shape index (κ3) is 4.54. The molecule has 1 aliphatic rings. The number of rotatable bonds is 5. The van der Waals surface area contributed by atoms with E-state index >= 15 is 0 Å². The van der Waals surface area contributed by atoms with Crippen molar-refractivity contribution in [1.82, 2.24) is 25.1 Å². The molecule has 0 saturated carbocycles. The van der Waals surface area contributed by atoms with E-state index in [0.29, 0.717) is 13.1 Å². The van der Waals surface area contributed by atoms with Crippen LogP contribution in [0.3, 0.4) is 0 Å². The molecule has 10 heteroatoms. The maximum Gasteiger partial charge on any atom is 0.312 e. The fourth-order valence-electron chi connectivity index (χ4n) is 3.11. The highest BCUT2D eigenvalue weighted by Gasteiger charge is 2.32. The highest BCUT2D eigenvalue weighted by Crippen LogP contribution is 2.26. The summed E-state index contributed by atoms with van der Waals surface area (Å²) in [6.07, 6.45) is 3.77. The maximum absolute atomic E-state index is 13.0. The molecule has 4 N–H and O–H groups in total. The van der Waals surface area contributed by atoms with E-state index in [0.717, 1.165) is 17.2 Å². The Kier molecular flexibility index (Phi) is 7.01. The standard InChI is InChI=1S/C16H22N6O2S.ClH/c1-21-6-5-19-15(21)12-10-18-4-7-22(12)14(23)9-11(20-16(17)24)13-3-2-8-25-13;/h2-3,5-6,8,11-12,18H,4,7,9-10H2,1H3,(H3,17,20,24);1H. The number of piperazine rings is 1. The molecule has 26 heavy (non-hydrogen) atoms. The van der Waals surface area contributed by atoms with E-state index in [9.17, 15) is 9.59 Å². The molecule has 2 atom stereocenters. The van der Waals surface area contributed by atoms with Crippen molar-refractivity contribution in [2.75, 3.05) is 19.6 Å². The number of amides is 3. The number of imidazole rings is 1. The van der Waals surface area contributed by atoms with Crippen LogP contribution in [0.2, 0.25) is 0 Å². The molecule has 0 radical (unpaired) electrons. The Morgan fingerprint density at radius 3 is 2.96 bits per heavy atom. The Bertz CT molecular complexity index is 735. The number of hydrogen-bond donors (Lipinski definition) is 3. The van der Waals surface area contributed by atoms with Crippen LogP contribution < -0.4 is 16.4 Å². The molecular weight excluding hydrogens is 376 g/mol. The average molecular weight is 399 g/mol. The molecule has 2 aromatic heterocycles. The predicted octanol–water partition coefficient (Wildman–Crippen LogP) is 1.18. The molecule has 3 amide bonds. The summed E-state index contributed by atoms with van der Waals surface area (Å²) in [7, 11) is 1.92. The van der Waals surface area contributed by atoms with Gasteiger partial charge in [0.1, 0.15) is 11.9 Å². The maximum atomic E-state index is 13.0. The van der Waals surface area contributed by atoms with Crippen molar-refractivity contribution in [3.8, 4) is 0 Å². The van der Waals surface area contributed by atoms with Crippen LogP contribution in [0.5, 0.6) is 0 Å². The summed E-state index contributed by atoms with van der Waals surface area (Å²) in [6, 6.07) is 2.61. The van der Waals surface area contributed by atoms with Crippen molar-refractivity contribution in [2.24, 2.45) is 12.8 Å². The number of hydrogen-bond acceptors (Lipinski definition) is 5. The van der Waals surface area contributed by atoms with Gasteiger partial charge in [0.05, 0.1) is 12.5 Å². The van der Waals surface area contributed by atoms with E-state index in [-0.39, 0.29) is 30.8 Å². The van der Waals surface area contributed by atoms with Crippen LogP contribution in [0, 0.1) is 0 Å². The fourth-order valence-corrected chi connectivity index (χ4v) is 3.89. The van der Waals surface area contributed by atoms with Gasteiger partial charge in [0.15, 0.2) is 0 Å². The van der Waals surface area contributed by atoms with Crippen LogP contribution in [0.1, 0.15) is 29.2 Å². The van der Waals surface area contributed by atoms with Crippen molar-refractivity contribution < 1.29 is 9.59 Å². The van der Waals surface area contributed by atoms with Gasteiger partial charge in [0, 0.05) is 44.0 Å². The fraction of sp³-hybridized carbons (Fsp3) is 0.438. The van der Waals surface area contributed by atoms with Crippen LogP contribution in [-0.2, 0) is 11.8 Å². The van der Waals surface area contributed by atoms with Gasteiger partial charge < -0.3 is 25.8 Å². The van der Waals surface area contributed by atoms with E-state index in [1.165, 1.54) is 11.3 Å². The first-order chi connectivity index (χ1) is 12.1. The minimum Gasteiger partial charge on any atom is -0.352 e. The van der Waals surface area contributed by atoms with Gasteiger partial charge in [-0.2, -0.15) is 0 Å². The largest absolute Gasteiger partial charge is 0.352 e. The highest BCUT2D eigenvalue weighted by molar-refractivity contribution is 7.10. The normalized spacial score (nSPS) is 18.0. The number of halogens is 1. The van der Waals surface area contributed by atoms with Crippen molar-refractivity contribution in [2.45, 2.75) is 18.5 Å². The lowest BCUT2D eigenvalue weighted by Gasteiger charge is -2.36. The van der Waals surface area contributed by atoms with E-state index in [1.54, 1.807) is 6.20 Å². The monoisotopic (exact) mass is 398 g/mol. The highest BCUT2D eigenvalue weighted by atomic mass is 35.5. The molecule has 8 nitrogen and oxygen atoms in total. The number of aromatic nitrogens is 2. The zero-order valence-electron chi connectivity index (χ0n) is 14.4. The quantitative estimate of drug-likeness (QED) is 0.703. The molecule has 1 saturated heterocycles. The number of carbonyl (C=O) groups excluding carboxylic acids is 2. The Labute approximate surface area is 162 Å². The zero-order valence-corrected chi connectivity index (χ0v) is 16.1. The van der Waals surface area contributed by atoms with Crippen molar-refractivity contribution >= 4 is 35.7 Å². The lowest BCUT2D eigenvalue weighted by atomic mass is 10.1. The van der Waals surface area contributed by atoms with Crippen molar-refractivity contribution in [3.05, 3.63) is 40.6 Å². The number of carbonyl (C=O) groups is 2. The van der Waals surface area contributed by atoms with E-state index in [1.807, 2.05) is 40.2 Å². The predicted molar refractivity (Wildman–Crippen MR) is 102 cm³/mol. The van der Waals surface area contributed by atoms with Gasteiger partial charge in [-0.3, -0.25) is 4.79 Å². The molecule has 3 heterocycles. The molecule has 2 unspecified atom stereocenters. The molecule has 142 valence electrons. The number of nitrogens with two attached hydrogens (primary N) is 1. The van der Waals surface area contributed by atoms with E-state index in [2.05, 4.69) is 15.6 Å². The number of nitrogens with zero attached hydrogens (tertiary/aromatic N) is 3. The molecule has 0 aromatic carbocycles. The second-order valence-corrected chi connectivity index (χ2v) is 6.96. The Morgan fingerprint density at radius 1 is 1.54 bits per heavy atom. The number of thiophene rings is 1. The van der Waals surface area contributed by atoms with E-state index < -0.39 is 12.1 Å². The Balaban J connectivity index is 0.00000243. The van der Waals surface area contributed by atoms with Gasteiger partial charge in [0.2, 0.25) is 5.91 Å². The van der Waals surface area contributed by atoms with Gasteiger partial charge >= 0.3 is 6.03 Å². The van der Waals surface area contributed by atoms with Gasteiger partial charge in [-0.05, 0) is 11.4 Å². The lowest BCUT2D eigenvalue weighted by Crippen LogP contribution is -2.50. The molecule has 0 spiro atoms. The number of nitrogens with one attached hydrogen (secondary N) is 2. The summed E-state index contributed by atoms with van der Waals surface area (Å²) in [5.41, 5.74) is 5.28. The first-order valence-electron chi connectivity index (χ1n) is 8.13. The minimum absolute atomic E-state index is 0. The second kappa shape index (κ2) is 9.02. The van der Waals surface area contributed by atoms with Crippen LogP contribution in [0.15, 0.2) is 29.9 Å². The molecule has 3 rings (SSSR count). The van der Waals surface area contributed by atoms with Crippen molar-refractivity contribution in [1.29, 1.82) is 0 Å². The lowest BCUT2D eigenvalue weighted by molar-refractivity contribution is -0.135. The average Bonchev–Trinajstić information content (AvgIpc) is 3.25. The third-order valence-electron chi connectivity index (χ3n) is 4.30. The summed E-state index contributed by atoms with van der Waals surface area (Å²) in [5.74, 6) is 0.817. The van der Waals surface area contributed by atoms with Crippen LogP contribution in [0.25, 0.3) is 0 Å².